The van der Waals surface area contributed by atoms with Gasteiger partial charge in [0.05, 0.1) is 12.6 Å². The van der Waals surface area contributed by atoms with E-state index in [4.69, 9.17) is 0 Å². The molecular formula is C14H30N2O2. The minimum Gasteiger partial charge on any atom is -0.395 e. The maximum atomic E-state index is 12.4. The Morgan fingerprint density at radius 1 is 1.11 bits per heavy atom. The molecule has 4 nitrogen and oxygen atoms in total. The van der Waals surface area contributed by atoms with Gasteiger partial charge >= 0.3 is 0 Å². The molecule has 1 atom stereocenters. The highest BCUT2D eigenvalue weighted by Crippen LogP contribution is 2.14. The monoisotopic (exact) mass is 258 g/mol. The summed E-state index contributed by atoms with van der Waals surface area (Å²) < 4.78 is 0. The second-order valence-electron chi connectivity index (χ2n) is 4.62. The molecule has 0 bridgehead atoms. The van der Waals surface area contributed by atoms with Gasteiger partial charge < -0.3 is 10.0 Å². The third kappa shape index (κ3) is 4.58. The van der Waals surface area contributed by atoms with Crippen molar-refractivity contribution in [2.24, 2.45) is 0 Å². The maximum absolute atomic E-state index is 12.4. The average molecular weight is 258 g/mol. The number of amides is 1. The van der Waals surface area contributed by atoms with Crippen molar-refractivity contribution in [3.63, 3.8) is 0 Å². The molecule has 0 aliphatic rings. The van der Waals surface area contributed by atoms with Gasteiger partial charge in [0.2, 0.25) is 5.91 Å². The molecule has 0 aromatic rings. The van der Waals surface area contributed by atoms with E-state index in [2.05, 4.69) is 18.7 Å². The number of aliphatic hydroxyl groups is 1. The number of rotatable bonds is 9. The van der Waals surface area contributed by atoms with E-state index in [0.717, 1.165) is 25.9 Å². The normalized spacial score (nSPS) is 13.1. The van der Waals surface area contributed by atoms with Gasteiger partial charge in [-0.05, 0) is 33.6 Å². The van der Waals surface area contributed by atoms with Crippen LogP contribution in [0.5, 0.6) is 0 Å². The number of carbonyl (C=O) groups is 1. The van der Waals surface area contributed by atoms with Crippen molar-refractivity contribution in [3.8, 4) is 0 Å². The van der Waals surface area contributed by atoms with E-state index >= 15 is 0 Å². The Labute approximate surface area is 112 Å². The fourth-order valence-corrected chi connectivity index (χ4v) is 2.51. The van der Waals surface area contributed by atoms with Crippen molar-refractivity contribution in [1.82, 2.24) is 9.80 Å². The second kappa shape index (κ2) is 9.34. The summed E-state index contributed by atoms with van der Waals surface area (Å²) in [4.78, 5) is 16.4. The van der Waals surface area contributed by atoms with Crippen LogP contribution < -0.4 is 0 Å². The number of nitrogens with zero attached hydrogens (tertiary/aromatic N) is 2. The summed E-state index contributed by atoms with van der Waals surface area (Å²) in [7, 11) is 0. The highest BCUT2D eigenvalue weighted by Gasteiger charge is 2.28. The SMILES string of the molecule is CCC(CC)N(CCO)C(C)C(=O)N(CC)CC. The fraction of sp³-hybridized carbons (Fsp3) is 0.929. The van der Waals surface area contributed by atoms with Crippen LogP contribution in [0, 0.1) is 0 Å². The number of likely N-dealkylation sites (N-methyl/N-ethyl adjacent to an activating group) is 1. The molecule has 0 fully saturated rings. The lowest BCUT2D eigenvalue weighted by molar-refractivity contribution is -0.137. The molecule has 1 unspecified atom stereocenters. The smallest absolute Gasteiger partial charge is 0.239 e. The predicted molar refractivity (Wildman–Crippen MR) is 75.6 cm³/mol. The lowest BCUT2D eigenvalue weighted by atomic mass is 10.1. The molecule has 0 aliphatic heterocycles. The van der Waals surface area contributed by atoms with Crippen LogP contribution in [0.4, 0.5) is 0 Å². The first kappa shape index (κ1) is 17.4. The van der Waals surface area contributed by atoms with Crippen LogP contribution in [0.1, 0.15) is 47.5 Å². The standard InChI is InChI=1S/C14H30N2O2/c1-6-13(7-2)16(10-11-17)12(5)14(18)15(8-3)9-4/h12-13,17H,6-11H2,1-5H3. The Hall–Kier alpha value is -0.610. The quantitative estimate of drug-likeness (QED) is 0.685. The van der Waals surface area contributed by atoms with E-state index in [1.165, 1.54) is 0 Å². The first-order chi connectivity index (χ1) is 8.56. The molecular weight excluding hydrogens is 228 g/mol. The first-order valence-corrected chi connectivity index (χ1v) is 7.22. The molecule has 0 saturated carbocycles. The molecule has 4 heteroatoms. The van der Waals surface area contributed by atoms with Crippen LogP contribution >= 0.6 is 0 Å². The van der Waals surface area contributed by atoms with Crippen LogP contribution in [-0.4, -0.2) is 59.1 Å². The van der Waals surface area contributed by atoms with Crippen molar-refractivity contribution in [3.05, 3.63) is 0 Å². The molecule has 0 aliphatic carbocycles. The summed E-state index contributed by atoms with van der Waals surface area (Å²) in [5.74, 6) is 0.167. The van der Waals surface area contributed by atoms with Crippen molar-refractivity contribution in [1.29, 1.82) is 0 Å². The van der Waals surface area contributed by atoms with E-state index in [-0.39, 0.29) is 18.6 Å². The van der Waals surface area contributed by atoms with Gasteiger partial charge in [0.1, 0.15) is 0 Å². The van der Waals surface area contributed by atoms with Gasteiger partial charge in [0.15, 0.2) is 0 Å². The average Bonchev–Trinajstić information content (AvgIpc) is 2.39. The highest BCUT2D eigenvalue weighted by atomic mass is 16.3. The van der Waals surface area contributed by atoms with Gasteiger partial charge in [-0.1, -0.05) is 13.8 Å². The van der Waals surface area contributed by atoms with Gasteiger partial charge in [0, 0.05) is 25.7 Å². The third-order valence-corrected chi connectivity index (χ3v) is 3.70. The molecule has 0 aromatic heterocycles. The van der Waals surface area contributed by atoms with E-state index in [9.17, 15) is 9.90 Å². The van der Waals surface area contributed by atoms with E-state index in [0.29, 0.717) is 12.6 Å². The van der Waals surface area contributed by atoms with Gasteiger partial charge in [0.25, 0.3) is 0 Å². The van der Waals surface area contributed by atoms with Crippen LogP contribution in [-0.2, 0) is 4.79 Å². The van der Waals surface area contributed by atoms with Crippen molar-refractivity contribution >= 4 is 5.91 Å². The summed E-state index contributed by atoms with van der Waals surface area (Å²) >= 11 is 0. The second-order valence-corrected chi connectivity index (χ2v) is 4.62. The topological polar surface area (TPSA) is 43.8 Å². The number of hydrogen-bond acceptors (Lipinski definition) is 3. The van der Waals surface area contributed by atoms with Gasteiger partial charge in [-0.15, -0.1) is 0 Å². The Kier molecular flexibility index (Phi) is 9.02. The molecule has 1 N–H and O–H groups in total. The van der Waals surface area contributed by atoms with Crippen LogP contribution in [0.15, 0.2) is 0 Å². The van der Waals surface area contributed by atoms with Gasteiger partial charge in [-0.2, -0.15) is 0 Å². The van der Waals surface area contributed by atoms with Gasteiger partial charge in [-0.25, -0.2) is 0 Å². The Morgan fingerprint density at radius 3 is 1.94 bits per heavy atom. The lowest BCUT2D eigenvalue weighted by Crippen LogP contribution is -2.51. The van der Waals surface area contributed by atoms with Crippen LogP contribution in [0.25, 0.3) is 0 Å². The summed E-state index contributed by atoms with van der Waals surface area (Å²) in [5.41, 5.74) is 0. The van der Waals surface area contributed by atoms with E-state index in [1.807, 2.05) is 25.7 Å². The largest absolute Gasteiger partial charge is 0.395 e. The van der Waals surface area contributed by atoms with Crippen molar-refractivity contribution in [2.45, 2.75) is 59.5 Å². The zero-order valence-corrected chi connectivity index (χ0v) is 12.6. The third-order valence-electron chi connectivity index (χ3n) is 3.70. The molecule has 0 spiro atoms. The Bertz CT molecular complexity index is 226. The molecule has 0 aromatic carbocycles. The number of hydrogen-bond donors (Lipinski definition) is 1. The van der Waals surface area contributed by atoms with E-state index < -0.39 is 0 Å². The Balaban J connectivity index is 4.83. The molecule has 18 heavy (non-hydrogen) atoms. The Morgan fingerprint density at radius 2 is 1.61 bits per heavy atom. The highest BCUT2D eigenvalue weighted by molar-refractivity contribution is 5.81. The number of aliphatic hydroxyl groups excluding tert-OH is 1. The maximum Gasteiger partial charge on any atom is 0.239 e. The summed E-state index contributed by atoms with van der Waals surface area (Å²) in [6.07, 6.45) is 2.01. The molecule has 0 radical (unpaired) electrons. The molecule has 0 saturated heterocycles. The minimum absolute atomic E-state index is 0.104. The molecule has 1 amide bonds. The number of carbonyl (C=O) groups excluding carboxylic acids is 1. The van der Waals surface area contributed by atoms with Crippen molar-refractivity contribution < 1.29 is 9.90 Å². The van der Waals surface area contributed by atoms with Gasteiger partial charge in [-0.3, -0.25) is 9.69 Å². The van der Waals surface area contributed by atoms with Crippen molar-refractivity contribution in [2.75, 3.05) is 26.2 Å². The lowest BCUT2D eigenvalue weighted by Gasteiger charge is -2.36. The van der Waals surface area contributed by atoms with E-state index in [1.54, 1.807) is 0 Å². The molecule has 0 heterocycles. The summed E-state index contributed by atoms with van der Waals surface area (Å²) in [6, 6.07) is 0.216. The zero-order chi connectivity index (χ0) is 14.1. The summed E-state index contributed by atoms with van der Waals surface area (Å²) in [6.45, 7) is 12.4. The zero-order valence-electron chi connectivity index (χ0n) is 12.6. The molecule has 0 rings (SSSR count). The molecule has 108 valence electrons. The van der Waals surface area contributed by atoms with Crippen LogP contribution in [0.2, 0.25) is 0 Å². The first-order valence-electron chi connectivity index (χ1n) is 7.22. The van der Waals surface area contributed by atoms with Crippen LogP contribution in [0.3, 0.4) is 0 Å². The predicted octanol–water partition coefficient (Wildman–Crippen LogP) is 1.73. The summed E-state index contributed by atoms with van der Waals surface area (Å²) in [5, 5.41) is 9.19. The minimum atomic E-state index is -0.151. The fourth-order valence-electron chi connectivity index (χ4n) is 2.51.